The van der Waals surface area contributed by atoms with Gasteiger partial charge in [-0.05, 0) is 63.1 Å². The van der Waals surface area contributed by atoms with E-state index in [1.807, 2.05) is 52.0 Å². The molecule has 0 fully saturated rings. The van der Waals surface area contributed by atoms with Crippen molar-refractivity contribution in [3.05, 3.63) is 65.5 Å². The minimum absolute atomic E-state index is 0.270. The first kappa shape index (κ1) is 23.2. The molecule has 0 spiro atoms. The van der Waals surface area contributed by atoms with Gasteiger partial charge in [-0.15, -0.1) is 0 Å². The maximum absolute atomic E-state index is 13.3. The molecule has 162 valence electrons. The fourth-order valence-electron chi connectivity index (χ4n) is 2.61. The second kappa shape index (κ2) is 10.6. The number of carbonyl (C=O) groups is 1. The third-order valence-corrected chi connectivity index (χ3v) is 4.07. The molecular weight excluding hydrogens is 387 g/mol. The first-order valence-corrected chi connectivity index (χ1v) is 9.70. The summed E-state index contributed by atoms with van der Waals surface area (Å²) >= 11 is 0. The Hall–Kier alpha value is -3.09. The Morgan fingerprint density at radius 1 is 1.17 bits per heavy atom. The van der Waals surface area contributed by atoms with Gasteiger partial charge in [0.1, 0.15) is 30.9 Å². The van der Waals surface area contributed by atoms with Crippen LogP contribution in [0, 0.1) is 5.82 Å². The third-order valence-electron chi connectivity index (χ3n) is 4.07. The summed E-state index contributed by atoms with van der Waals surface area (Å²) in [7, 11) is 1.45. The summed E-state index contributed by atoms with van der Waals surface area (Å²) in [6.07, 6.45) is 1.10. The zero-order valence-corrected chi connectivity index (χ0v) is 18.1. The van der Waals surface area contributed by atoms with E-state index in [0.717, 1.165) is 11.1 Å². The smallest absolute Gasteiger partial charge is 0.411 e. The molecule has 0 saturated heterocycles. The first-order valence-electron chi connectivity index (χ1n) is 9.70. The lowest BCUT2D eigenvalue weighted by molar-refractivity contribution is 0.0208. The van der Waals surface area contributed by atoms with Crippen molar-refractivity contribution in [1.29, 1.82) is 0 Å². The molecule has 0 radical (unpaired) electrons. The van der Waals surface area contributed by atoms with E-state index in [9.17, 15) is 9.18 Å². The van der Waals surface area contributed by atoms with Crippen molar-refractivity contribution in [2.45, 2.75) is 52.5 Å². The van der Waals surface area contributed by atoms with E-state index in [1.54, 1.807) is 23.2 Å². The van der Waals surface area contributed by atoms with E-state index in [0.29, 0.717) is 12.3 Å². The average Bonchev–Trinajstić information content (AvgIpc) is 2.68. The molecule has 0 N–H and O–H groups in total. The van der Waals surface area contributed by atoms with E-state index < -0.39 is 11.7 Å². The summed E-state index contributed by atoms with van der Waals surface area (Å²) in [5.41, 5.74) is 1.04. The van der Waals surface area contributed by atoms with Crippen LogP contribution in [0.1, 0.15) is 38.8 Å². The number of nitrogens with zero attached hydrogens (tertiary/aromatic N) is 2. The Morgan fingerprint density at radius 3 is 2.47 bits per heavy atom. The minimum atomic E-state index is -0.609. The van der Waals surface area contributed by atoms with Gasteiger partial charge in [0.15, 0.2) is 0 Å². The van der Waals surface area contributed by atoms with Gasteiger partial charge in [-0.1, -0.05) is 29.4 Å². The van der Waals surface area contributed by atoms with Crippen molar-refractivity contribution < 1.29 is 23.5 Å². The summed E-state index contributed by atoms with van der Waals surface area (Å²) in [6, 6.07) is 13.3. The molecule has 0 aliphatic rings. The minimum Gasteiger partial charge on any atom is -0.489 e. The molecule has 1 atom stereocenters. The van der Waals surface area contributed by atoms with Crippen LogP contribution in [0.15, 0.2) is 53.7 Å². The van der Waals surface area contributed by atoms with Crippen LogP contribution in [-0.4, -0.2) is 36.0 Å². The molecule has 2 aromatic rings. The molecular formula is C23H29FN2O4. The lowest BCUT2D eigenvalue weighted by Crippen LogP contribution is -2.42. The van der Waals surface area contributed by atoms with Gasteiger partial charge < -0.3 is 14.3 Å². The topological polar surface area (TPSA) is 60.4 Å². The highest BCUT2D eigenvalue weighted by atomic mass is 19.1. The summed E-state index contributed by atoms with van der Waals surface area (Å²) in [4.78, 5) is 19.0. The van der Waals surface area contributed by atoms with E-state index in [2.05, 4.69) is 5.16 Å². The van der Waals surface area contributed by atoms with Crippen molar-refractivity contribution in [2.75, 3.05) is 7.11 Å². The quantitative estimate of drug-likeness (QED) is 0.440. The van der Waals surface area contributed by atoms with Crippen LogP contribution in [0.3, 0.4) is 0 Å². The number of oxime groups is 1. The van der Waals surface area contributed by atoms with Crippen molar-refractivity contribution in [2.24, 2.45) is 5.16 Å². The molecule has 0 aliphatic heterocycles. The first-order chi connectivity index (χ1) is 14.2. The fourth-order valence-corrected chi connectivity index (χ4v) is 2.61. The zero-order chi connectivity index (χ0) is 22.1. The summed E-state index contributed by atoms with van der Waals surface area (Å²) in [5, 5.41) is 3.77. The van der Waals surface area contributed by atoms with Gasteiger partial charge in [0.25, 0.3) is 0 Å². The number of hydrogen-bond donors (Lipinski definition) is 0. The molecule has 30 heavy (non-hydrogen) atoms. The molecule has 0 aliphatic carbocycles. The number of hydrogen-bond acceptors (Lipinski definition) is 5. The van der Waals surface area contributed by atoms with Gasteiger partial charge in [-0.2, -0.15) is 0 Å². The Morgan fingerprint density at radius 2 is 1.87 bits per heavy atom. The molecule has 2 aromatic carbocycles. The second-order valence-corrected chi connectivity index (χ2v) is 7.85. The fraction of sp³-hybridized carbons (Fsp3) is 0.391. The molecule has 6 nitrogen and oxygen atoms in total. The highest BCUT2D eigenvalue weighted by Gasteiger charge is 2.25. The number of benzene rings is 2. The van der Waals surface area contributed by atoms with Crippen LogP contribution >= 0.6 is 0 Å². The van der Waals surface area contributed by atoms with Crippen molar-refractivity contribution >= 4 is 12.3 Å². The Bertz CT molecular complexity index is 847. The van der Waals surface area contributed by atoms with Crippen LogP contribution in [0.4, 0.5) is 9.18 Å². The van der Waals surface area contributed by atoms with Gasteiger partial charge in [-0.3, -0.25) is 4.90 Å². The number of carbonyl (C=O) groups excluding carboxylic acids is 1. The van der Waals surface area contributed by atoms with Gasteiger partial charge in [0, 0.05) is 6.54 Å². The summed E-state index contributed by atoms with van der Waals surface area (Å²) in [5.74, 6) is 0.362. The maximum atomic E-state index is 13.3. The van der Waals surface area contributed by atoms with E-state index in [1.165, 1.54) is 19.2 Å². The predicted molar refractivity (Wildman–Crippen MR) is 114 cm³/mol. The van der Waals surface area contributed by atoms with E-state index >= 15 is 0 Å². The lowest BCUT2D eigenvalue weighted by Gasteiger charge is -2.30. The third kappa shape index (κ3) is 7.73. The maximum Gasteiger partial charge on any atom is 0.411 e. The van der Waals surface area contributed by atoms with Crippen LogP contribution in [0.25, 0.3) is 0 Å². The lowest BCUT2D eigenvalue weighted by atomic mass is 10.1. The number of amides is 1. The number of rotatable bonds is 8. The van der Waals surface area contributed by atoms with Gasteiger partial charge >= 0.3 is 6.09 Å². The zero-order valence-electron chi connectivity index (χ0n) is 18.1. The van der Waals surface area contributed by atoms with Crippen LogP contribution in [-0.2, 0) is 22.7 Å². The second-order valence-electron chi connectivity index (χ2n) is 7.85. The standard InChI is InChI=1S/C23H29FN2O4/c1-17(14-25-28-5)26(22(27)30-23(2,3)4)15-18-9-11-21(12-10-18)29-16-19-7-6-8-20(24)13-19/h6-14,17H,15-16H2,1-5H3/b25-14+/t17-/m0/s1. The molecule has 7 heteroatoms. The van der Waals surface area contributed by atoms with Gasteiger partial charge in [-0.25, -0.2) is 9.18 Å². The SMILES string of the molecule is CO/N=C/[C@H](C)N(Cc1ccc(OCc2cccc(F)c2)cc1)C(=O)OC(C)(C)C. The monoisotopic (exact) mass is 416 g/mol. The Labute approximate surface area is 177 Å². The van der Waals surface area contributed by atoms with Gasteiger partial charge in [0.2, 0.25) is 0 Å². The van der Waals surface area contributed by atoms with Crippen molar-refractivity contribution in [1.82, 2.24) is 4.90 Å². The van der Waals surface area contributed by atoms with Gasteiger partial charge in [0.05, 0.1) is 12.3 Å². The molecule has 0 saturated carbocycles. The Balaban J connectivity index is 2.05. The van der Waals surface area contributed by atoms with Crippen LogP contribution < -0.4 is 4.74 Å². The highest BCUT2D eigenvalue weighted by molar-refractivity contribution is 5.75. The molecule has 0 bridgehead atoms. The molecule has 0 unspecified atom stereocenters. The largest absolute Gasteiger partial charge is 0.489 e. The van der Waals surface area contributed by atoms with E-state index in [-0.39, 0.29) is 18.5 Å². The predicted octanol–water partition coefficient (Wildman–Crippen LogP) is 5.16. The van der Waals surface area contributed by atoms with Crippen molar-refractivity contribution in [3.8, 4) is 5.75 Å². The van der Waals surface area contributed by atoms with Crippen molar-refractivity contribution in [3.63, 3.8) is 0 Å². The highest BCUT2D eigenvalue weighted by Crippen LogP contribution is 2.18. The summed E-state index contributed by atoms with van der Waals surface area (Å²) in [6.45, 7) is 7.90. The number of ether oxygens (including phenoxy) is 2. The summed E-state index contributed by atoms with van der Waals surface area (Å²) < 4.78 is 24.5. The van der Waals surface area contributed by atoms with Crippen LogP contribution in [0.2, 0.25) is 0 Å². The van der Waals surface area contributed by atoms with Crippen LogP contribution in [0.5, 0.6) is 5.75 Å². The Kier molecular flexibility index (Phi) is 8.21. The molecule has 1 amide bonds. The van der Waals surface area contributed by atoms with E-state index in [4.69, 9.17) is 14.3 Å². The molecule has 2 rings (SSSR count). The average molecular weight is 416 g/mol. The molecule has 0 heterocycles. The normalized spacial score (nSPS) is 12.5. The molecule has 0 aromatic heterocycles. The number of halogens is 1.